The second-order valence-electron chi connectivity index (χ2n) is 4.69. The summed E-state index contributed by atoms with van der Waals surface area (Å²) < 4.78 is 39.7. The lowest BCUT2D eigenvalue weighted by Gasteiger charge is -2.20. The molecule has 2 aromatic carbocycles. The summed E-state index contributed by atoms with van der Waals surface area (Å²) in [5, 5.41) is 0. The molecule has 0 aromatic heterocycles. The van der Waals surface area contributed by atoms with Crippen LogP contribution < -0.4 is 4.31 Å². The van der Waals surface area contributed by atoms with Crippen molar-refractivity contribution in [1.82, 2.24) is 0 Å². The highest BCUT2D eigenvalue weighted by atomic mass is 35.5. The zero-order chi connectivity index (χ0) is 15.6. The van der Waals surface area contributed by atoms with Gasteiger partial charge in [0, 0.05) is 12.6 Å². The predicted octanol–water partition coefficient (Wildman–Crippen LogP) is 3.70. The van der Waals surface area contributed by atoms with Gasteiger partial charge in [-0.05, 0) is 37.3 Å². The van der Waals surface area contributed by atoms with Crippen LogP contribution in [0.25, 0.3) is 0 Å². The van der Waals surface area contributed by atoms with Crippen LogP contribution in [0.3, 0.4) is 0 Å². The molecule has 0 fully saturated rings. The average molecular weight is 328 g/mol. The van der Waals surface area contributed by atoms with Gasteiger partial charge in [0.15, 0.2) is 0 Å². The molecule has 21 heavy (non-hydrogen) atoms. The fourth-order valence-corrected chi connectivity index (χ4v) is 3.32. The molecule has 0 aliphatic carbocycles. The van der Waals surface area contributed by atoms with Crippen molar-refractivity contribution in [3.8, 4) is 0 Å². The number of anilines is 1. The Hall–Kier alpha value is -1.59. The van der Waals surface area contributed by atoms with Crippen molar-refractivity contribution in [3.63, 3.8) is 0 Å². The Morgan fingerprint density at radius 1 is 1.14 bits per heavy atom. The minimum absolute atomic E-state index is 0.0163. The molecule has 0 saturated carbocycles. The van der Waals surface area contributed by atoms with Crippen molar-refractivity contribution < 1.29 is 12.8 Å². The summed E-state index contributed by atoms with van der Waals surface area (Å²) in [6, 6.07) is 10.7. The minimum atomic E-state index is -3.75. The zero-order valence-corrected chi connectivity index (χ0v) is 13.2. The van der Waals surface area contributed by atoms with Gasteiger partial charge in [0.05, 0.1) is 16.5 Å². The average Bonchev–Trinajstić information content (AvgIpc) is 2.47. The Labute approximate surface area is 129 Å². The van der Waals surface area contributed by atoms with Crippen molar-refractivity contribution in [1.29, 1.82) is 0 Å². The summed E-state index contributed by atoms with van der Waals surface area (Å²) >= 11 is 5.62. The van der Waals surface area contributed by atoms with E-state index in [-0.39, 0.29) is 16.3 Å². The first-order chi connectivity index (χ1) is 9.86. The van der Waals surface area contributed by atoms with E-state index in [9.17, 15) is 12.8 Å². The molecule has 0 amide bonds. The highest BCUT2D eigenvalue weighted by Crippen LogP contribution is 2.24. The smallest absolute Gasteiger partial charge is 0.264 e. The summed E-state index contributed by atoms with van der Waals surface area (Å²) in [6.07, 6.45) is 0. The van der Waals surface area contributed by atoms with Crippen LogP contribution in [0.2, 0.25) is 0 Å². The van der Waals surface area contributed by atoms with E-state index in [1.807, 2.05) is 19.1 Å². The summed E-state index contributed by atoms with van der Waals surface area (Å²) in [5.41, 5.74) is 1.74. The number of aryl methyl sites for hydroxylation is 1. The molecule has 0 unspecified atom stereocenters. The molecule has 0 radical (unpaired) electrons. The molecular weight excluding hydrogens is 313 g/mol. The molecule has 0 atom stereocenters. The maximum Gasteiger partial charge on any atom is 0.264 e. The molecule has 0 aliphatic heterocycles. The van der Waals surface area contributed by atoms with E-state index >= 15 is 0 Å². The van der Waals surface area contributed by atoms with E-state index in [0.29, 0.717) is 5.69 Å². The number of hydrogen-bond acceptors (Lipinski definition) is 2. The standard InChI is InChI=1S/C15H15ClFNO2S/c1-11-3-5-13(6-4-11)18(2)21(19,20)14-7-8-15(17)12(9-14)10-16/h3-9H,10H2,1-2H3. The van der Waals surface area contributed by atoms with Crippen molar-refractivity contribution >= 4 is 27.3 Å². The third-order valence-electron chi connectivity index (χ3n) is 3.22. The third kappa shape index (κ3) is 3.19. The highest BCUT2D eigenvalue weighted by molar-refractivity contribution is 7.92. The second-order valence-corrected chi connectivity index (χ2v) is 6.93. The molecule has 0 saturated heterocycles. The Morgan fingerprint density at radius 3 is 2.33 bits per heavy atom. The van der Waals surface area contributed by atoms with E-state index in [1.54, 1.807) is 12.1 Å². The fraction of sp³-hybridized carbons (Fsp3) is 0.200. The molecule has 0 heterocycles. The normalized spacial score (nSPS) is 11.4. The summed E-state index contributed by atoms with van der Waals surface area (Å²) in [7, 11) is -2.28. The quantitative estimate of drug-likeness (QED) is 0.803. The van der Waals surface area contributed by atoms with Crippen molar-refractivity contribution in [3.05, 3.63) is 59.4 Å². The Bertz CT molecular complexity index is 745. The third-order valence-corrected chi connectivity index (χ3v) is 5.29. The van der Waals surface area contributed by atoms with Crippen LogP contribution in [0.1, 0.15) is 11.1 Å². The first-order valence-electron chi connectivity index (χ1n) is 6.26. The van der Waals surface area contributed by atoms with Gasteiger partial charge < -0.3 is 0 Å². The monoisotopic (exact) mass is 327 g/mol. The lowest BCUT2D eigenvalue weighted by molar-refractivity contribution is 0.592. The minimum Gasteiger partial charge on any atom is -0.269 e. The Kier molecular flexibility index (Phi) is 4.54. The number of alkyl halides is 1. The summed E-state index contributed by atoms with van der Waals surface area (Å²) in [5.74, 6) is -0.592. The van der Waals surface area contributed by atoms with Crippen LogP contribution in [0, 0.1) is 12.7 Å². The number of nitrogens with zero attached hydrogens (tertiary/aromatic N) is 1. The first kappa shape index (κ1) is 15.8. The Morgan fingerprint density at radius 2 is 1.76 bits per heavy atom. The van der Waals surface area contributed by atoms with Gasteiger partial charge in [-0.25, -0.2) is 12.8 Å². The number of sulfonamides is 1. The largest absolute Gasteiger partial charge is 0.269 e. The lowest BCUT2D eigenvalue weighted by atomic mass is 10.2. The summed E-state index contributed by atoms with van der Waals surface area (Å²) in [6.45, 7) is 1.92. The van der Waals surface area contributed by atoms with Crippen molar-refractivity contribution in [2.45, 2.75) is 17.7 Å². The molecule has 112 valence electrons. The van der Waals surface area contributed by atoms with Gasteiger partial charge in [0.2, 0.25) is 0 Å². The van der Waals surface area contributed by atoms with Gasteiger partial charge in [0.25, 0.3) is 10.0 Å². The van der Waals surface area contributed by atoms with Gasteiger partial charge in [-0.2, -0.15) is 0 Å². The SMILES string of the molecule is Cc1ccc(N(C)S(=O)(=O)c2ccc(F)c(CCl)c2)cc1. The zero-order valence-electron chi connectivity index (χ0n) is 11.7. The van der Waals surface area contributed by atoms with Crippen LogP contribution in [-0.2, 0) is 15.9 Å². The van der Waals surface area contributed by atoms with Crippen LogP contribution in [0.5, 0.6) is 0 Å². The van der Waals surface area contributed by atoms with E-state index in [2.05, 4.69) is 0 Å². The van der Waals surface area contributed by atoms with E-state index < -0.39 is 15.8 Å². The maximum atomic E-state index is 13.4. The number of rotatable bonds is 4. The van der Waals surface area contributed by atoms with Gasteiger partial charge >= 0.3 is 0 Å². The topological polar surface area (TPSA) is 37.4 Å². The second kappa shape index (κ2) is 6.03. The van der Waals surface area contributed by atoms with E-state index in [1.165, 1.54) is 19.2 Å². The number of halogens is 2. The van der Waals surface area contributed by atoms with Crippen LogP contribution >= 0.6 is 11.6 Å². The maximum absolute atomic E-state index is 13.4. The number of hydrogen-bond donors (Lipinski definition) is 0. The van der Waals surface area contributed by atoms with E-state index in [4.69, 9.17) is 11.6 Å². The van der Waals surface area contributed by atoms with Crippen LogP contribution in [0.15, 0.2) is 47.4 Å². The molecule has 2 rings (SSSR count). The number of benzene rings is 2. The molecule has 0 spiro atoms. The molecular formula is C15H15ClFNO2S. The van der Waals surface area contributed by atoms with Crippen LogP contribution in [-0.4, -0.2) is 15.5 Å². The van der Waals surface area contributed by atoms with Gasteiger partial charge in [0.1, 0.15) is 5.82 Å². The molecule has 0 aliphatic rings. The van der Waals surface area contributed by atoms with Gasteiger partial charge in [-0.3, -0.25) is 4.31 Å². The lowest BCUT2D eigenvalue weighted by Crippen LogP contribution is -2.26. The molecule has 3 nitrogen and oxygen atoms in total. The Balaban J connectivity index is 2.43. The van der Waals surface area contributed by atoms with Crippen molar-refractivity contribution in [2.24, 2.45) is 0 Å². The molecule has 0 N–H and O–H groups in total. The predicted molar refractivity (Wildman–Crippen MR) is 82.7 cm³/mol. The summed E-state index contributed by atoms with van der Waals surface area (Å²) in [4.78, 5) is 0.0163. The first-order valence-corrected chi connectivity index (χ1v) is 8.23. The van der Waals surface area contributed by atoms with Crippen LogP contribution in [0.4, 0.5) is 10.1 Å². The molecule has 2 aromatic rings. The molecule has 6 heteroatoms. The molecule has 0 bridgehead atoms. The van der Waals surface area contributed by atoms with Gasteiger partial charge in [-0.1, -0.05) is 17.7 Å². The highest BCUT2D eigenvalue weighted by Gasteiger charge is 2.22. The van der Waals surface area contributed by atoms with E-state index in [0.717, 1.165) is 15.9 Å². The van der Waals surface area contributed by atoms with Gasteiger partial charge in [-0.15, -0.1) is 11.6 Å². The fourth-order valence-electron chi connectivity index (χ4n) is 1.87. The van der Waals surface area contributed by atoms with Crippen molar-refractivity contribution in [2.75, 3.05) is 11.4 Å².